The molecule has 0 unspecified atom stereocenters. The molecule has 0 saturated carbocycles. The summed E-state index contributed by atoms with van der Waals surface area (Å²) in [5, 5.41) is 13.1. The van der Waals surface area contributed by atoms with Crippen LogP contribution in [0.1, 0.15) is 34.3 Å². The molecule has 0 fully saturated rings. The van der Waals surface area contributed by atoms with Gasteiger partial charge in [-0.25, -0.2) is 4.68 Å². The van der Waals surface area contributed by atoms with Crippen molar-refractivity contribution in [3.05, 3.63) is 47.8 Å². The van der Waals surface area contributed by atoms with E-state index in [9.17, 15) is 14.4 Å². The molecule has 1 heterocycles. The lowest BCUT2D eigenvalue weighted by Gasteiger charge is -2.18. The third-order valence-corrected chi connectivity index (χ3v) is 3.29. The summed E-state index contributed by atoms with van der Waals surface area (Å²) in [6.45, 7) is 1.67. The molecule has 0 atom stereocenters. The predicted octanol–water partition coefficient (Wildman–Crippen LogP) is 0.908. The van der Waals surface area contributed by atoms with Gasteiger partial charge in [-0.3, -0.25) is 14.4 Å². The van der Waals surface area contributed by atoms with Gasteiger partial charge in [-0.05, 0) is 18.6 Å². The zero-order valence-electron chi connectivity index (χ0n) is 13.2. The van der Waals surface area contributed by atoms with Crippen molar-refractivity contribution in [1.29, 1.82) is 0 Å². The highest BCUT2D eigenvalue weighted by atomic mass is 16.4. The molecule has 0 aliphatic rings. The van der Waals surface area contributed by atoms with E-state index in [1.807, 2.05) is 6.92 Å². The minimum absolute atomic E-state index is 0.0256. The molecule has 2 amide bonds. The van der Waals surface area contributed by atoms with Crippen LogP contribution in [0, 0.1) is 0 Å². The molecule has 126 valence electrons. The molecule has 3 N–H and O–H groups in total. The van der Waals surface area contributed by atoms with Crippen LogP contribution in [0.25, 0.3) is 5.69 Å². The third kappa shape index (κ3) is 3.78. The van der Waals surface area contributed by atoms with Crippen LogP contribution in [-0.4, -0.2) is 50.7 Å². The number of para-hydroxylation sites is 1. The van der Waals surface area contributed by atoms with E-state index in [0.29, 0.717) is 12.1 Å². The summed E-state index contributed by atoms with van der Waals surface area (Å²) in [5.41, 5.74) is 5.96. The highest BCUT2D eigenvalue weighted by Gasteiger charge is 2.23. The molecule has 8 heteroatoms. The quantitative estimate of drug-likeness (QED) is 0.782. The largest absolute Gasteiger partial charge is 0.480 e. The van der Waals surface area contributed by atoms with E-state index < -0.39 is 24.3 Å². The third-order valence-electron chi connectivity index (χ3n) is 3.29. The van der Waals surface area contributed by atoms with Gasteiger partial charge >= 0.3 is 5.97 Å². The van der Waals surface area contributed by atoms with Crippen LogP contribution in [0.3, 0.4) is 0 Å². The number of aromatic nitrogens is 2. The Hall–Kier alpha value is -3.16. The summed E-state index contributed by atoms with van der Waals surface area (Å²) >= 11 is 0. The number of hydrogen-bond acceptors (Lipinski definition) is 4. The Morgan fingerprint density at radius 3 is 2.46 bits per heavy atom. The molecule has 8 nitrogen and oxygen atoms in total. The molecular weight excluding hydrogens is 312 g/mol. The number of aliphatic carboxylic acids is 1. The molecule has 0 aliphatic heterocycles. The van der Waals surface area contributed by atoms with Crippen molar-refractivity contribution in [2.75, 3.05) is 13.1 Å². The van der Waals surface area contributed by atoms with E-state index in [1.54, 1.807) is 30.3 Å². The van der Waals surface area contributed by atoms with Gasteiger partial charge in [0.25, 0.3) is 11.8 Å². The fourth-order valence-electron chi connectivity index (χ4n) is 2.27. The second-order valence-corrected chi connectivity index (χ2v) is 5.15. The van der Waals surface area contributed by atoms with Gasteiger partial charge in [-0.1, -0.05) is 25.1 Å². The van der Waals surface area contributed by atoms with E-state index in [0.717, 1.165) is 0 Å². The molecule has 0 aliphatic carbocycles. The molecule has 2 aromatic rings. The van der Waals surface area contributed by atoms with E-state index in [2.05, 4.69) is 5.10 Å². The average Bonchev–Trinajstić information content (AvgIpc) is 3.00. The van der Waals surface area contributed by atoms with E-state index in [4.69, 9.17) is 10.8 Å². The minimum atomic E-state index is -1.12. The highest BCUT2D eigenvalue weighted by molar-refractivity contribution is 5.98. The van der Waals surface area contributed by atoms with Gasteiger partial charge < -0.3 is 15.7 Å². The van der Waals surface area contributed by atoms with Crippen LogP contribution in [0.5, 0.6) is 0 Å². The summed E-state index contributed by atoms with van der Waals surface area (Å²) < 4.78 is 1.28. The Bertz CT molecular complexity index is 755. The van der Waals surface area contributed by atoms with Gasteiger partial charge in [-0.2, -0.15) is 5.10 Å². The smallest absolute Gasteiger partial charge is 0.323 e. The zero-order chi connectivity index (χ0) is 17.7. The predicted molar refractivity (Wildman–Crippen MR) is 85.9 cm³/mol. The molecule has 1 aromatic carbocycles. The van der Waals surface area contributed by atoms with E-state index in [-0.39, 0.29) is 17.9 Å². The van der Waals surface area contributed by atoms with Crippen molar-refractivity contribution < 1.29 is 19.5 Å². The molecule has 0 radical (unpaired) electrons. The Balaban J connectivity index is 2.42. The lowest BCUT2D eigenvalue weighted by atomic mass is 10.2. The fraction of sp³-hybridized carbons (Fsp3) is 0.250. The first-order valence-electron chi connectivity index (χ1n) is 7.40. The van der Waals surface area contributed by atoms with Gasteiger partial charge in [-0.15, -0.1) is 0 Å². The Kier molecular flexibility index (Phi) is 5.31. The Morgan fingerprint density at radius 2 is 1.92 bits per heavy atom. The molecule has 0 bridgehead atoms. The van der Waals surface area contributed by atoms with Gasteiger partial charge in [0.2, 0.25) is 0 Å². The normalized spacial score (nSPS) is 10.4. The van der Waals surface area contributed by atoms with Crippen molar-refractivity contribution in [3.63, 3.8) is 0 Å². The summed E-state index contributed by atoms with van der Waals surface area (Å²) in [4.78, 5) is 36.3. The first kappa shape index (κ1) is 17.2. The van der Waals surface area contributed by atoms with Crippen LogP contribution in [0.15, 0.2) is 36.4 Å². The van der Waals surface area contributed by atoms with Crippen molar-refractivity contribution in [2.24, 2.45) is 5.73 Å². The van der Waals surface area contributed by atoms with Gasteiger partial charge in [0.15, 0.2) is 5.69 Å². The highest BCUT2D eigenvalue weighted by Crippen LogP contribution is 2.14. The number of benzene rings is 1. The van der Waals surface area contributed by atoms with Crippen molar-refractivity contribution in [3.8, 4) is 5.69 Å². The lowest BCUT2D eigenvalue weighted by molar-refractivity contribution is -0.137. The number of hydrogen-bond donors (Lipinski definition) is 2. The number of carboxylic acids is 1. The molecule has 2 rings (SSSR count). The van der Waals surface area contributed by atoms with Gasteiger partial charge in [0.05, 0.1) is 5.69 Å². The number of amides is 2. The Morgan fingerprint density at radius 1 is 1.25 bits per heavy atom. The van der Waals surface area contributed by atoms with Crippen LogP contribution >= 0.6 is 0 Å². The molecular formula is C16H18N4O4. The van der Waals surface area contributed by atoms with Crippen LogP contribution in [0.2, 0.25) is 0 Å². The maximum absolute atomic E-state index is 12.5. The number of carbonyl (C=O) groups is 3. The monoisotopic (exact) mass is 330 g/mol. The van der Waals surface area contributed by atoms with Gasteiger partial charge in [0, 0.05) is 12.6 Å². The summed E-state index contributed by atoms with van der Waals surface area (Å²) in [6, 6.07) is 10.0. The number of primary amides is 1. The minimum Gasteiger partial charge on any atom is -0.480 e. The molecule has 24 heavy (non-hydrogen) atoms. The number of nitrogens with two attached hydrogens (primary N) is 1. The topological polar surface area (TPSA) is 119 Å². The van der Waals surface area contributed by atoms with Crippen LogP contribution < -0.4 is 5.73 Å². The van der Waals surface area contributed by atoms with Crippen LogP contribution in [-0.2, 0) is 4.79 Å². The molecule has 0 spiro atoms. The summed E-state index contributed by atoms with van der Waals surface area (Å²) in [5.74, 6) is -2.41. The van der Waals surface area contributed by atoms with Crippen molar-refractivity contribution >= 4 is 17.8 Å². The summed E-state index contributed by atoms with van der Waals surface area (Å²) in [7, 11) is 0. The summed E-state index contributed by atoms with van der Waals surface area (Å²) in [6.07, 6.45) is 0.598. The number of rotatable bonds is 7. The van der Waals surface area contributed by atoms with Gasteiger partial charge in [0.1, 0.15) is 12.2 Å². The number of carbonyl (C=O) groups excluding carboxylic acids is 2. The number of nitrogens with zero attached hydrogens (tertiary/aromatic N) is 3. The molecule has 0 saturated heterocycles. The Labute approximate surface area is 138 Å². The maximum atomic E-state index is 12.5. The van der Waals surface area contributed by atoms with Crippen molar-refractivity contribution in [2.45, 2.75) is 13.3 Å². The zero-order valence-corrected chi connectivity index (χ0v) is 13.2. The van der Waals surface area contributed by atoms with E-state index in [1.165, 1.54) is 15.6 Å². The van der Waals surface area contributed by atoms with Crippen molar-refractivity contribution in [1.82, 2.24) is 14.7 Å². The molecule has 1 aromatic heterocycles. The first-order chi connectivity index (χ1) is 11.4. The first-order valence-corrected chi connectivity index (χ1v) is 7.40. The van der Waals surface area contributed by atoms with Crippen LogP contribution in [0.4, 0.5) is 0 Å². The second-order valence-electron chi connectivity index (χ2n) is 5.15. The SMILES string of the molecule is CCCN(CC(=O)O)C(=O)c1cc(C(N)=O)n(-c2ccccc2)n1. The van der Waals surface area contributed by atoms with E-state index >= 15 is 0 Å². The fourth-order valence-corrected chi connectivity index (χ4v) is 2.27. The standard InChI is InChI=1S/C16H18N4O4/c1-2-8-19(10-14(21)22)16(24)12-9-13(15(17)23)20(18-12)11-6-4-3-5-7-11/h3-7,9H,2,8,10H2,1H3,(H2,17,23)(H,21,22). The lowest BCUT2D eigenvalue weighted by Crippen LogP contribution is -2.36. The second kappa shape index (κ2) is 7.40. The average molecular weight is 330 g/mol. The maximum Gasteiger partial charge on any atom is 0.323 e. The number of carboxylic acid groups (broad SMARTS) is 1.